The van der Waals surface area contributed by atoms with Gasteiger partial charge in [-0.25, -0.2) is 0 Å². The van der Waals surface area contributed by atoms with Crippen LogP contribution in [0.5, 0.6) is 0 Å². The molecule has 0 aliphatic carbocycles. The van der Waals surface area contributed by atoms with Crippen LogP contribution in [0.15, 0.2) is 18.2 Å². The third-order valence-electron chi connectivity index (χ3n) is 3.71. The zero-order chi connectivity index (χ0) is 15.6. The van der Waals surface area contributed by atoms with Crippen LogP contribution in [0.4, 0.5) is 0 Å². The van der Waals surface area contributed by atoms with Gasteiger partial charge < -0.3 is 15.3 Å². The Labute approximate surface area is 128 Å². The van der Waals surface area contributed by atoms with E-state index >= 15 is 0 Å². The maximum Gasteiger partial charge on any atom is 0.253 e. The molecule has 0 saturated carbocycles. The zero-order valence-electron chi connectivity index (χ0n) is 12.1. The molecule has 1 aromatic carbocycles. The van der Waals surface area contributed by atoms with Crippen molar-refractivity contribution in [2.45, 2.75) is 32.4 Å². The highest BCUT2D eigenvalue weighted by molar-refractivity contribution is 6.33. The fraction of sp³-hybridized carbons (Fsp3) is 0.467. The number of nitrogens with zero attached hydrogens (tertiary/aromatic N) is 1. The minimum atomic E-state index is -0.768. The minimum absolute atomic E-state index is 0.0689. The average molecular weight is 311 g/mol. The maximum absolute atomic E-state index is 12.3. The predicted octanol–water partition coefficient (Wildman–Crippen LogP) is 1.36. The molecule has 2 amide bonds. The van der Waals surface area contributed by atoms with Crippen LogP contribution in [0.2, 0.25) is 5.02 Å². The lowest BCUT2D eigenvalue weighted by Gasteiger charge is -2.35. The molecule has 1 aliphatic rings. The van der Waals surface area contributed by atoms with Crippen LogP contribution in [0, 0.1) is 6.92 Å². The van der Waals surface area contributed by atoms with E-state index in [0.717, 1.165) is 5.56 Å². The minimum Gasteiger partial charge on any atom is -0.389 e. The van der Waals surface area contributed by atoms with E-state index in [4.69, 9.17) is 11.6 Å². The molecular weight excluding hydrogens is 292 g/mol. The second-order valence-corrected chi connectivity index (χ2v) is 5.79. The first-order chi connectivity index (χ1) is 9.88. The van der Waals surface area contributed by atoms with Gasteiger partial charge in [0.05, 0.1) is 22.7 Å². The molecule has 0 bridgehead atoms. The number of likely N-dealkylation sites (tertiary alicyclic amines) is 1. The number of piperidine rings is 1. The van der Waals surface area contributed by atoms with Gasteiger partial charge in [-0.15, -0.1) is 0 Å². The summed E-state index contributed by atoms with van der Waals surface area (Å²) in [4.78, 5) is 25.1. The first kappa shape index (κ1) is 15.8. The Bertz CT molecular complexity index is 562. The maximum atomic E-state index is 12.3. The lowest BCUT2D eigenvalue weighted by atomic mass is 10.0. The number of carbonyl (C=O) groups is 2. The van der Waals surface area contributed by atoms with Gasteiger partial charge in [0.2, 0.25) is 5.91 Å². The van der Waals surface area contributed by atoms with Crippen molar-refractivity contribution >= 4 is 23.4 Å². The summed E-state index contributed by atoms with van der Waals surface area (Å²) in [5, 5.41) is 13.3. The Morgan fingerprint density at radius 3 is 2.76 bits per heavy atom. The number of aryl methyl sites for hydroxylation is 1. The van der Waals surface area contributed by atoms with Crippen molar-refractivity contribution in [1.82, 2.24) is 10.2 Å². The molecule has 0 unspecified atom stereocenters. The van der Waals surface area contributed by atoms with Gasteiger partial charge in [-0.3, -0.25) is 9.59 Å². The number of halogens is 1. The quantitative estimate of drug-likeness (QED) is 0.866. The van der Waals surface area contributed by atoms with Crippen LogP contribution >= 0.6 is 11.6 Å². The van der Waals surface area contributed by atoms with Crippen LogP contribution in [-0.4, -0.2) is 47.1 Å². The average Bonchev–Trinajstić information content (AvgIpc) is 2.43. The highest BCUT2D eigenvalue weighted by Crippen LogP contribution is 2.18. The Kier molecular flexibility index (Phi) is 4.85. The lowest BCUT2D eigenvalue weighted by molar-refractivity contribution is -0.132. The second kappa shape index (κ2) is 6.45. The summed E-state index contributed by atoms with van der Waals surface area (Å²) in [6, 6.07) is 4.86. The number of rotatable bonds is 2. The number of nitrogens with one attached hydrogen (secondary N) is 1. The third kappa shape index (κ3) is 3.74. The van der Waals surface area contributed by atoms with E-state index in [9.17, 15) is 14.7 Å². The molecule has 1 fully saturated rings. The summed E-state index contributed by atoms with van der Waals surface area (Å²) < 4.78 is 0. The van der Waals surface area contributed by atoms with E-state index in [1.54, 1.807) is 17.0 Å². The van der Waals surface area contributed by atoms with Gasteiger partial charge in [0.1, 0.15) is 0 Å². The number of carbonyl (C=O) groups excluding carboxylic acids is 2. The molecule has 1 aliphatic heterocycles. The number of aliphatic hydroxyl groups excluding tert-OH is 1. The Morgan fingerprint density at radius 1 is 1.43 bits per heavy atom. The van der Waals surface area contributed by atoms with Gasteiger partial charge in [-0.1, -0.05) is 23.2 Å². The van der Waals surface area contributed by atoms with Crippen molar-refractivity contribution in [3.63, 3.8) is 0 Å². The van der Waals surface area contributed by atoms with Crippen LogP contribution in [-0.2, 0) is 4.79 Å². The molecule has 2 rings (SSSR count). The smallest absolute Gasteiger partial charge is 0.253 e. The van der Waals surface area contributed by atoms with E-state index in [1.165, 1.54) is 6.92 Å². The van der Waals surface area contributed by atoms with Crippen LogP contribution in [0.3, 0.4) is 0 Å². The molecule has 6 heteroatoms. The van der Waals surface area contributed by atoms with Crippen molar-refractivity contribution in [3.8, 4) is 0 Å². The molecule has 21 heavy (non-hydrogen) atoms. The first-order valence-corrected chi connectivity index (χ1v) is 7.27. The largest absolute Gasteiger partial charge is 0.389 e. The molecule has 0 radical (unpaired) electrons. The number of hydrogen-bond donors (Lipinski definition) is 2. The molecule has 2 atom stereocenters. The van der Waals surface area contributed by atoms with Gasteiger partial charge in [-0.2, -0.15) is 0 Å². The molecule has 1 heterocycles. The van der Waals surface area contributed by atoms with E-state index < -0.39 is 6.10 Å². The van der Waals surface area contributed by atoms with Crippen molar-refractivity contribution in [2.75, 3.05) is 13.1 Å². The fourth-order valence-corrected chi connectivity index (χ4v) is 2.65. The topological polar surface area (TPSA) is 69.6 Å². The summed E-state index contributed by atoms with van der Waals surface area (Å²) in [6.07, 6.45) is -0.245. The van der Waals surface area contributed by atoms with E-state index in [0.29, 0.717) is 23.6 Å². The number of hydrogen-bond acceptors (Lipinski definition) is 3. The Morgan fingerprint density at radius 2 is 2.14 bits per heavy atom. The summed E-state index contributed by atoms with van der Waals surface area (Å²) in [5.41, 5.74) is 1.34. The third-order valence-corrected chi connectivity index (χ3v) is 4.04. The second-order valence-electron chi connectivity index (χ2n) is 5.38. The molecule has 2 N–H and O–H groups in total. The Balaban J connectivity index is 2.03. The molecular formula is C15H19ClN2O3. The summed E-state index contributed by atoms with van der Waals surface area (Å²) in [5.74, 6) is -0.371. The molecule has 1 aromatic rings. The van der Waals surface area contributed by atoms with E-state index in [1.807, 2.05) is 13.0 Å². The highest BCUT2D eigenvalue weighted by Gasteiger charge is 2.30. The monoisotopic (exact) mass is 310 g/mol. The van der Waals surface area contributed by atoms with Crippen LogP contribution in [0.25, 0.3) is 0 Å². The zero-order valence-corrected chi connectivity index (χ0v) is 12.9. The van der Waals surface area contributed by atoms with Crippen molar-refractivity contribution in [2.24, 2.45) is 0 Å². The summed E-state index contributed by atoms with van der Waals surface area (Å²) in [6.45, 7) is 4.12. The van der Waals surface area contributed by atoms with Crippen LogP contribution < -0.4 is 5.32 Å². The van der Waals surface area contributed by atoms with Gasteiger partial charge in [0, 0.05) is 20.0 Å². The molecule has 1 saturated heterocycles. The van der Waals surface area contributed by atoms with Gasteiger partial charge >= 0.3 is 0 Å². The lowest BCUT2D eigenvalue weighted by Crippen LogP contribution is -2.55. The Hall–Kier alpha value is -1.59. The molecule has 0 spiro atoms. The SMILES string of the molecule is CC(=O)N1CC[C@@H](NC(=O)c2cc(C)ccc2Cl)[C@H](O)C1. The first-order valence-electron chi connectivity index (χ1n) is 6.89. The molecule has 114 valence electrons. The molecule has 0 aromatic heterocycles. The highest BCUT2D eigenvalue weighted by atomic mass is 35.5. The van der Waals surface area contributed by atoms with Crippen LogP contribution in [0.1, 0.15) is 29.3 Å². The number of β-amino-alcohol motifs (C(OH)–C–C–N with tert-alkyl or cyclic N) is 1. The number of aliphatic hydroxyl groups is 1. The van der Waals surface area contributed by atoms with Gasteiger partial charge in [0.25, 0.3) is 5.91 Å². The number of benzene rings is 1. The normalized spacial score (nSPS) is 22.0. The molecule has 5 nitrogen and oxygen atoms in total. The van der Waals surface area contributed by atoms with Crippen molar-refractivity contribution in [3.05, 3.63) is 34.3 Å². The fourth-order valence-electron chi connectivity index (χ4n) is 2.45. The van der Waals surface area contributed by atoms with E-state index in [2.05, 4.69) is 5.32 Å². The summed E-state index contributed by atoms with van der Waals surface area (Å²) >= 11 is 6.03. The van der Waals surface area contributed by atoms with Gasteiger partial charge in [-0.05, 0) is 25.5 Å². The standard InChI is InChI=1S/C15H19ClN2O3/c1-9-3-4-12(16)11(7-9)15(21)17-13-5-6-18(10(2)19)8-14(13)20/h3-4,7,13-14,20H,5-6,8H2,1-2H3,(H,17,21)/t13-,14-/m1/s1. The predicted molar refractivity (Wildman–Crippen MR) is 80.3 cm³/mol. The summed E-state index contributed by atoms with van der Waals surface area (Å²) in [7, 11) is 0. The van der Waals surface area contributed by atoms with E-state index in [-0.39, 0.29) is 24.4 Å². The van der Waals surface area contributed by atoms with Gasteiger partial charge in [0.15, 0.2) is 0 Å². The van der Waals surface area contributed by atoms with Crippen molar-refractivity contribution < 1.29 is 14.7 Å². The number of amides is 2. The van der Waals surface area contributed by atoms with Crippen molar-refractivity contribution in [1.29, 1.82) is 0 Å².